The molecule has 7 nitrogen and oxygen atoms in total. The maximum absolute atomic E-state index is 14.1. The van der Waals surface area contributed by atoms with Crippen LogP contribution in [0.1, 0.15) is 54.9 Å². The molecule has 41 heavy (non-hydrogen) atoms. The third-order valence-electron chi connectivity index (χ3n) is 7.64. The Morgan fingerprint density at radius 3 is 2.27 bits per heavy atom. The molecule has 0 saturated heterocycles. The van der Waals surface area contributed by atoms with E-state index in [9.17, 15) is 18.0 Å². The first-order valence-electron chi connectivity index (χ1n) is 14.0. The maximum Gasteiger partial charge on any atom is 0.264 e. The molecule has 4 rings (SSSR count). The first-order chi connectivity index (χ1) is 19.5. The van der Waals surface area contributed by atoms with Crippen molar-refractivity contribution in [3.63, 3.8) is 0 Å². The molecule has 0 aromatic heterocycles. The molecule has 1 aliphatic carbocycles. The van der Waals surface area contributed by atoms with Gasteiger partial charge in [0, 0.05) is 17.6 Å². The molecule has 2 amide bonds. The van der Waals surface area contributed by atoms with Crippen molar-refractivity contribution < 1.29 is 18.0 Å². The van der Waals surface area contributed by atoms with Crippen LogP contribution in [-0.4, -0.2) is 43.8 Å². The second-order valence-corrected chi connectivity index (χ2v) is 13.2. The zero-order valence-corrected chi connectivity index (χ0v) is 25.6. The first kappa shape index (κ1) is 30.6. The van der Waals surface area contributed by atoms with Crippen LogP contribution in [0.15, 0.2) is 71.6 Å². The number of hydrogen-bond acceptors (Lipinski definition) is 4. The van der Waals surface area contributed by atoms with Gasteiger partial charge in [0.05, 0.1) is 10.6 Å². The quantitative estimate of drug-likeness (QED) is 0.314. The molecule has 0 bridgehead atoms. The lowest BCUT2D eigenvalue weighted by atomic mass is 10.1. The van der Waals surface area contributed by atoms with Gasteiger partial charge < -0.3 is 10.2 Å². The van der Waals surface area contributed by atoms with E-state index in [4.69, 9.17) is 11.6 Å². The Bertz CT molecular complexity index is 1500. The minimum atomic E-state index is -4.15. The lowest BCUT2D eigenvalue weighted by Crippen LogP contribution is -2.52. The van der Waals surface area contributed by atoms with Gasteiger partial charge in [-0.05, 0) is 75.9 Å². The summed E-state index contributed by atoms with van der Waals surface area (Å²) in [6.07, 6.45) is 3.97. The van der Waals surface area contributed by atoms with E-state index in [2.05, 4.69) is 5.32 Å². The Kier molecular flexibility index (Phi) is 9.76. The standard InChI is InChI=1S/C32H38ClN3O4S/c1-22-12-16-29(17-13-22)41(39,40)36(28-15-14-24(3)30(33)19-28)21-31(37)35(20-26-9-7-8-23(2)18-26)25(4)32(38)34-27-10-5-6-11-27/h7-9,12-19,25,27H,5-6,10-11,20-21H2,1-4H3,(H,34,38). The lowest BCUT2D eigenvalue weighted by molar-refractivity contribution is -0.139. The topological polar surface area (TPSA) is 86.8 Å². The summed E-state index contributed by atoms with van der Waals surface area (Å²) >= 11 is 6.40. The lowest BCUT2D eigenvalue weighted by Gasteiger charge is -2.32. The SMILES string of the molecule is Cc1ccc(S(=O)(=O)N(CC(=O)N(Cc2cccc(C)c2)C(C)C(=O)NC2CCCC2)c2ccc(C)c(Cl)c2)cc1. The van der Waals surface area contributed by atoms with Crippen LogP contribution in [0.25, 0.3) is 0 Å². The fraction of sp³-hybridized carbons (Fsp3) is 0.375. The van der Waals surface area contributed by atoms with Gasteiger partial charge in [0.2, 0.25) is 11.8 Å². The fourth-order valence-corrected chi connectivity index (χ4v) is 6.67. The summed E-state index contributed by atoms with van der Waals surface area (Å²) < 4.78 is 29.0. The Morgan fingerprint density at radius 1 is 0.951 bits per heavy atom. The number of nitrogens with one attached hydrogen (secondary N) is 1. The molecule has 218 valence electrons. The normalized spacial score (nSPS) is 14.5. The number of hydrogen-bond donors (Lipinski definition) is 1. The van der Waals surface area contributed by atoms with E-state index in [-0.39, 0.29) is 29.1 Å². The molecule has 9 heteroatoms. The second-order valence-electron chi connectivity index (χ2n) is 10.9. The van der Waals surface area contributed by atoms with E-state index in [1.165, 1.54) is 17.0 Å². The number of nitrogens with zero attached hydrogens (tertiary/aromatic N) is 2. The highest BCUT2D eigenvalue weighted by Crippen LogP contribution is 2.29. The number of aryl methyl sites for hydroxylation is 3. The Morgan fingerprint density at radius 2 is 1.63 bits per heavy atom. The van der Waals surface area contributed by atoms with Gasteiger partial charge in [0.25, 0.3) is 10.0 Å². The van der Waals surface area contributed by atoms with Crippen LogP contribution in [0.3, 0.4) is 0 Å². The number of rotatable bonds is 10. The molecule has 0 radical (unpaired) electrons. The third kappa shape index (κ3) is 7.49. The average Bonchev–Trinajstić information content (AvgIpc) is 3.44. The highest BCUT2D eigenvalue weighted by atomic mass is 35.5. The molecule has 1 N–H and O–H groups in total. The zero-order valence-electron chi connectivity index (χ0n) is 24.1. The molecule has 1 saturated carbocycles. The van der Waals surface area contributed by atoms with Crippen LogP contribution < -0.4 is 9.62 Å². The number of anilines is 1. The molecular formula is C32H38ClN3O4S. The smallest absolute Gasteiger partial charge is 0.264 e. The van der Waals surface area contributed by atoms with Crippen molar-refractivity contribution in [3.05, 3.63) is 94.0 Å². The number of sulfonamides is 1. The predicted octanol–water partition coefficient (Wildman–Crippen LogP) is 5.94. The van der Waals surface area contributed by atoms with Crippen molar-refractivity contribution in [1.29, 1.82) is 0 Å². The molecule has 1 unspecified atom stereocenters. The molecule has 0 aliphatic heterocycles. The highest BCUT2D eigenvalue weighted by Gasteiger charge is 2.33. The molecule has 0 heterocycles. The minimum Gasteiger partial charge on any atom is -0.352 e. The number of carbonyl (C=O) groups excluding carboxylic acids is 2. The molecule has 1 atom stereocenters. The molecule has 1 aliphatic rings. The van der Waals surface area contributed by atoms with Crippen molar-refractivity contribution in [3.8, 4) is 0 Å². The summed E-state index contributed by atoms with van der Waals surface area (Å²) in [5.41, 5.74) is 3.85. The fourth-order valence-electron chi connectivity index (χ4n) is 5.08. The number of halogens is 1. The van der Waals surface area contributed by atoms with Crippen molar-refractivity contribution in [2.75, 3.05) is 10.8 Å². The van der Waals surface area contributed by atoms with Crippen LogP contribution in [0, 0.1) is 20.8 Å². The van der Waals surface area contributed by atoms with Crippen molar-refractivity contribution in [2.45, 2.75) is 76.9 Å². The van der Waals surface area contributed by atoms with Gasteiger partial charge in [-0.25, -0.2) is 8.42 Å². The van der Waals surface area contributed by atoms with Crippen molar-refractivity contribution >= 4 is 39.1 Å². The Balaban J connectivity index is 1.70. The molecule has 1 fully saturated rings. The van der Waals surface area contributed by atoms with E-state index in [0.29, 0.717) is 5.02 Å². The molecule has 3 aromatic carbocycles. The largest absolute Gasteiger partial charge is 0.352 e. The van der Waals surface area contributed by atoms with E-state index in [1.807, 2.05) is 45.0 Å². The summed E-state index contributed by atoms with van der Waals surface area (Å²) in [5, 5.41) is 3.48. The van der Waals surface area contributed by atoms with E-state index in [0.717, 1.165) is 52.2 Å². The predicted molar refractivity (Wildman–Crippen MR) is 163 cm³/mol. The molecule has 3 aromatic rings. The van der Waals surface area contributed by atoms with E-state index in [1.54, 1.807) is 37.3 Å². The van der Waals surface area contributed by atoms with E-state index >= 15 is 0 Å². The number of benzene rings is 3. The molecule has 0 spiro atoms. The highest BCUT2D eigenvalue weighted by molar-refractivity contribution is 7.92. The minimum absolute atomic E-state index is 0.0601. The van der Waals surface area contributed by atoms with Crippen molar-refractivity contribution in [1.82, 2.24) is 10.2 Å². The van der Waals surface area contributed by atoms with Gasteiger partial charge in [-0.1, -0.05) is 78.0 Å². The van der Waals surface area contributed by atoms with Crippen LogP contribution in [0.2, 0.25) is 5.02 Å². The van der Waals surface area contributed by atoms with Gasteiger partial charge in [-0.3, -0.25) is 13.9 Å². The maximum atomic E-state index is 14.1. The van der Waals surface area contributed by atoms with Gasteiger partial charge in [-0.2, -0.15) is 0 Å². The van der Waals surface area contributed by atoms with Crippen LogP contribution in [-0.2, 0) is 26.2 Å². The van der Waals surface area contributed by atoms with Gasteiger partial charge >= 0.3 is 0 Å². The summed E-state index contributed by atoms with van der Waals surface area (Å²) in [5.74, 6) is -0.739. The Labute approximate surface area is 248 Å². The number of amides is 2. The molecular weight excluding hydrogens is 558 g/mol. The summed E-state index contributed by atoms with van der Waals surface area (Å²) in [7, 11) is -4.15. The van der Waals surface area contributed by atoms with Crippen LogP contribution >= 0.6 is 11.6 Å². The monoisotopic (exact) mass is 595 g/mol. The van der Waals surface area contributed by atoms with Crippen molar-refractivity contribution in [2.24, 2.45) is 0 Å². The second kappa shape index (κ2) is 13.1. The summed E-state index contributed by atoms with van der Waals surface area (Å²) in [4.78, 5) is 29.0. The number of carbonyl (C=O) groups is 2. The zero-order chi connectivity index (χ0) is 29.7. The van der Waals surface area contributed by atoms with Crippen LogP contribution in [0.5, 0.6) is 0 Å². The van der Waals surface area contributed by atoms with E-state index < -0.39 is 28.5 Å². The first-order valence-corrected chi connectivity index (χ1v) is 15.8. The summed E-state index contributed by atoms with van der Waals surface area (Å²) in [6, 6.07) is 18.4. The van der Waals surface area contributed by atoms with Gasteiger partial charge in [-0.15, -0.1) is 0 Å². The Hall–Kier alpha value is -3.36. The summed E-state index contributed by atoms with van der Waals surface area (Å²) in [6.45, 7) is 7.01. The van der Waals surface area contributed by atoms with Crippen LogP contribution in [0.4, 0.5) is 5.69 Å². The third-order valence-corrected chi connectivity index (χ3v) is 9.83. The van der Waals surface area contributed by atoms with Gasteiger partial charge in [0.15, 0.2) is 0 Å². The van der Waals surface area contributed by atoms with Gasteiger partial charge in [0.1, 0.15) is 12.6 Å². The average molecular weight is 596 g/mol.